The Balaban J connectivity index is 1.79. The molecule has 2 rings (SSSR count). The quantitative estimate of drug-likeness (QED) is 0.748. The minimum absolute atomic E-state index is 0.788. The molecular formula is C10H15N3. The van der Waals surface area contributed by atoms with Crippen LogP contribution < -0.4 is 5.32 Å². The van der Waals surface area contributed by atoms with E-state index in [9.17, 15) is 0 Å². The molecule has 0 atom stereocenters. The molecule has 0 saturated heterocycles. The van der Waals surface area contributed by atoms with Crippen LogP contribution in [-0.4, -0.2) is 22.4 Å². The van der Waals surface area contributed by atoms with E-state index in [0.29, 0.717) is 0 Å². The number of aromatic nitrogens is 2. The van der Waals surface area contributed by atoms with Crippen molar-refractivity contribution >= 4 is 6.08 Å². The van der Waals surface area contributed by atoms with Crippen molar-refractivity contribution in [3.63, 3.8) is 0 Å². The summed E-state index contributed by atoms with van der Waals surface area (Å²) in [7, 11) is 1.95. The second-order valence-corrected chi connectivity index (χ2v) is 3.46. The van der Waals surface area contributed by atoms with Crippen molar-refractivity contribution in [1.82, 2.24) is 15.1 Å². The molecule has 0 bridgehead atoms. The Morgan fingerprint density at radius 2 is 2.54 bits per heavy atom. The molecule has 13 heavy (non-hydrogen) atoms. The molecule has 0 radical (unpaired) electrons. The molecule has 70 valence electrons. The van der Waals surface area contributed by atoms with Gasteiger partial charge in [-0.15, -0.1) is 0 Å². The van der Waals surface area contributed by atoms with Crippen LogP contribution in [0.1, 0.15) is 18.5 Å². The zero-order chi connectivity index (χ0) is 9.10. The Morgan fingerprint density at radius 3 is 3.15 bits per heavy atom. The van der Waals surface area contributed by atoms with Crippen molar-refractivity contribution in [2.75, 3.05) is 6.54 Å². The molecule has 0 spiro atoms. The third-order valence-electron chi connectivity index (χ3n) is 2.25. The zero-order valence-electron chi connectivity index (χ0n) is 7.90. The topological polar surface area (TPSA) is 29.9 Å². The van der Waals surface area contributed by atoms with Crippen molar-refractivity contribution in [2.45, 2.75) is 18.9 Å². The molecule has 1 aliphatic rings. The Labute approximate surface area is 78.4 Å². The third kappa shape index (κ3) is 2.42. The van der Waals surface area contributed by atoms with E-state index in [-0.39, 0.29) is 0 Å². The summed E-state index contributed by atoms with van der Waals surface area (Å²) in [5, 5.41) is 7.51. The molecule has 1 aromatic rings. The Hall–Kier alpha value is -1.09. The van der Waals surface area contributed by atoms with Crippen LogP contribution in [0.4, 0.5) is 0 Å². The van der Waals surface area contributed by atoms with Gasteiger partial charge >= 0.3 is 0 Å². The first-order valence-electron chi connectivity index (χ1n) is 4.74. The van der Waals surface area contributed by atoms with Crippen molar-refractivity contribution in [2.24, 2.45) is 7.05 Å². The molecule has 1 aliphatic carbocycles. The lowest BCUT2D eigenvalue weighted by Crippen LogP contribution is -2.15. The van der Waals surface area contributed by atoms with Gasteiger partial charge in [-0.25, -0.2) is 0 Å². The highest BCUT2D eigenvalue weighted by Gasteiger charge is 2.18. The second kappa shape index (κ2) is 3.75. The fourth-order valence-corrected chi connectivity index (χ4v) is 1.25. The smallest absolute Gasteiger partial charge is 0.0603 e. The number of rotatable bonds is 4. The van der Waals surface area contributed by atoms with E-state index in [2.05, 4.69) is 22.6 Å². The van der Waals surface area contributed by atoms with Gasteiger partial charge in [0.25, 0.3) is 0 Å². The maximum absolute atomic E-state index is 4.09. The first-order valence-corrected chi connectivity index (χ1v) is 4.74. The van der Waals surface area contributed by atoms with Crippen LogP contribution in [0.15, 0.2) is 18.3 Å². The lowest BCUT2D eigenvalue weighted by molar-refractivity contribution is 0.749. The minimum Gasteiger partial charge on any atom is -0.311 e. The Bertz CT molecular complexity index is 297. The molecule has 1 heterocycles. The third-order valence-corrected chi connectivity index (χ3v) is 2.25. The normalized spacial score (nSPS) is 17.0. The fourth-order valence-electron chi connectivity index (χ4n) is 1.25. The zero-order valence-corrected chi connectivity index (χ0v) is 7.90. The highest BCUT2D eigenvalue weighted by molar-refractivity contribution is 5.44. The first-order chi connectivity index (χ1) is 6.36. The summed E-state index contributed by atoms with van der Waals surface area (Å²) in [5.74, 6) is 0. The van der Waals surface area contributed by atoms with Crippen LogP contribution in [0.2, 0.25) is 0 Å². The number of hydrogen-bond acceptors (Lipinski definition) is 2. The van der Waals surface area contributed by atoms with Gasteiger partial charge in [-0.1, -0.05) is 6.08 Å². The molecule has 0 aromatic carbocycles. The maximum Gasteiger partial charge on any atom is 0.0603 e. The van der Waals surface area contributed by atoms with Crippen LogP contribution in [0.3, 0.4) is 0 Å². The van der Waals surface area contributed by atoms with Gasteiger partial charge in [0.1, 0.15) is 0 Å². The van der Waals surface area contributed by atoms with E-state index in [4.69, 9.17) is 0 Å². The van der Waals surface area contributed by atoms with E-state index in [1.165, 1.54) is 12.8 Å². The maximum atomic E-state index is 4.09. The van der Waals surface area contributed by atoms with Crippen molar-refractivity contribution in [1.29, 1.82) is 0 Å². The van der Waals surface area contributed by atoms with Crippen LogP contribution in [0.25, 0.3) is 6.08 Å². The largest absolute Gasteiger partial charge is 0.311 e. The number of aryl methyl sites for hydroxylation is 1. The SMILES string of the molecule is Cn1nccc1/C=C/CNC1CC1. The van der Waals surface area contributed by atoms with Gasteiger partial charge < -0.3 is 5.32 Å². The van der Waals surface area contributed by atoms with Crippen LogP contribution in [-0.2, 0) is 7.05 Å². The van der Waals surface area contributed by atoms with E-state index in [1.807, 2.05) is 24.0 Å². The monoisotopic (exact) mass is 177 g/mol. The van der Waals surface area contributed by atoms with Crippen LogP contribution in [0, 0.1) is 0 Å². The molecule has 1 N–H and O–H groups in total. The molecule has 1 saturated carbocycles. The average molecular weight is 177 g/mol. The summed E-state index contributed by atoms with van der Waals surface area (Å²) in [6.07, 6.45) is 8.75. The van der Waals surface area contributed by atoms with Gasteiger partial charge in [0, 0.05) is 25.8 Å². The predicted molar refractivity (Wildman–Crippen MR) is 53.3 cm³/mol. The summed E-state index contributed by atoms with van der Waals surface area (Å²) in [6, 6.07) is 2.80. The number of hydrogen-bond donors (Lipinski definition) is 1. The molecule has 1 fully saturated rings. The number of nitrogens with one attached hydrogen (secondary N) is 1. The van der Waals surface area contributed by atoms with Gasteiger partial charge in [0.2, 0.25) is 0 Å². The Morgan fingerprint density at radius 1 is 1.69 bits per heavy atom. The van der Waals surface area contributed by atoms with E-state index < -0.39 is 0 Å². The summed E-state index contributed by atoms with van der Waals surface area (Å²) < 4.78 is 1.87. The van der Waals surface area contributed by atoms with Crippen molar-refractivity contribution in [3.05, 3.63) is 24.0 Å². The molecule has 0 unspecified atom stereocenters. The van der Waals surface area contributed by atoms with Crippen LogP contribution in [0.5, 0.6) is 0 Å². The lowest BCUT2D eigenvalue weighted by Gasteiger charge is -1.96. The lowest BCUT2D eigenvalue weighted by atomic mass is 10.3. The highest BCUT2D eigenvalue weighted by Crippen LogP contribution is 2.18. The molecule has 3 nitrogen and oxygen atoms in total. The predicted octanol–water partition coefficient (Wildman–Crippen LogP) is 1.19. The molecular weight excluding hydrogens is 162 g/mol. The highest BCUT2D eigenvalue weighted by atomic mass is 15.2. The minimum atomic E-state index is 0.788. The van der Waals surface area contributed by atoms with E-state index in [0.717, 1.165) is 18.3 Å². The summed E-state index contributed by atoms with van der Waals surface area (Å²) in [5.41, 5.74) is 1.15. The van der Waals surface area contributed by atoms with E-state index >= 15 is 0 Å². The molecule has 0 amide bonds. The fraction of sp³-hybridized carbons (Fsp3) is 0.500. The summed E-state index contributed by atoms with van der Waals surface area (Å²) >= 11 is 0. The number of nitrogens with zero attached hydrogens (tertiary/aromatic N) is 2. The van der Waals surface area contributed by atoms with Gasteiger partial charge in [0.15, 0.2) is 0 Å². The molecule has 0 aliphatic heterocycles. The molecule has 3 heteroatoms. The van der Waals surface area contributed by atoms with Crippen LogP contribution >= 0.6 is 0 Å². The average Bonchev–Trinajstić information content (AvgIpc) is 2.86. The summed E-state index contributed by atoms with van der Waals surface area (Å²) in [4.78, 5) is 0. The van der Waals surface area contributed by atoms with Gasteiger partial charge in [0.05, 0.1) is 5.69 Å². The van der Waals surface area contributed by atoms with E-state index in [1.54, 1.807) is 0 Å². The van der Waals surface area contributed by atoms with Gasteiger partial charge in [-0.3, -0.25) is 4.68 Å². The standard InChI is InChI=1S/C10H15N3/c1-13-10(6-8-12-13)3-2-7-11-9-4-5-9/h2-3,6,8-9,11H,4-5,7H2,1H3/b3-2+. The first kappa shape index (κ1) is 8.51. The Kier molecular flexibility index (Phi) is 2.45. The van der Waals surface area contributed by atoms with Gasteiger partial charge in [-0.2, -0.15) is 5.10 Å². The molecule has 1 aromatic heterocycles. The van der Waals surface area contributed by atoms with Crippen molar-refractivity contribution < 1.29 is 0 Å². The van der Waals surface area contributed by atoms with Gasteiger partial charge in [-0.05, 0) is 25.0 Å². The van der Waals surface area contributed by atoms with Crippen molar-refractivity contribution in [3.8, 4) is 0 Å². The second-order valence-electron chi connectivity index (χ2n) is 3.46. The summed E-state index contributed by atoms with van der Waals surface area (Å²) in [6.45, 7) is 0.968.